The first-order valence-corrected chi connectivity index (χ1v) is 6.02. The summed E-state index contributed by atoms with van der Waals surface area (Å²) in [6.07, 6.45) is 0. The topological polar surface area (TPSA) is 90.4 Å². The van der Waals surface area contributed by atoms with Gasteiger partial charge in [0.05, 0.1) is 4.92 Å². The number of nitro benzene ring substituents is 1. The van der Waals surface area contributed by atoms with Gasteiger partial charge >= 0.3 is 5.69 Å². The number of ether oxygens (including phenoxy) is 1. The molecule has 3 N–H and O–H groups in total. The molecule has 0 saturated carbocycles. The van der Waals surface area contributed by atoms with Crippen LogP contribution < -0.4 is 16.0 Å². The molecule has 0 unspecified atom stereocenters. The van der Waals surface area contributed by atoms with Gasteiger partial charge in [-0.3, -0.25) is 16.0 Å². The number of hydrogen-bond donors (Lipinski definition) is 2. The molecule has 2 rings (SSSR count). The Morgan fingerprint density at radius 2 is 1.80 bits per heavy atom. The molecule has 0 saturated heterocycles. The maximum Gasteiger partial charge on any atom is 0.335 e. The molecule has 104 valence electrons. The monoisotopic (exact) mass is 273 g/mol. The third-order valence-corrected chi connectivity index (χ3v) is 3.11. The van der Waals surface area contributed by atoms with Gasteiger partial charge in [-0.25, -0.2) is 0 Å². The van der Waals surface area contributed by atoms with Gasteiger partial charge in [-0.15, -0.1) is 0 Å². The number of nitrogen functional groups attached to an aromatic ring is 1. The van der Waals surface area contributed by atoms with E-state index in [1.54, 1.807) is 18.2 Å². The van der Waals surface area contributed by atoms with Crippen LogP contribution in [0.4, 0.5) is 11.4 Å². The van der Waals surface area contributed by atoms with Gasteiger partial charge in [0.25, 0.3) is 0 Å². The Morgan fingerprint density at radius 1 is 1.15 bits per heavy atom. The van der Waals surface area contributed by atoms with Crippen molar-refractivity contribution in [1.82, 2.24) is 0 Å². The van der Waals surface area contributed by atoms with Gasteiger partial charge in [-0.05, 0) is 43.2 Å². The fraction of sp³-hybridized carbons (Fsp3) is 0.143. The number of rotatable bonds is 4. The van der Waals surface area contributed by atoms with Gasteiger partial charge in [-0.1, -0.05) is 18.2 Å². The molecule has 0 amide bonds. The molecule has 0 bridgehead atoms. The number of hydrogen-bond acceptors (Lipinski definition) is 5. The fourth-order valence-electron chi connectivity index (χ4n) is 1.86. The minimum absolute atomic E-state index is 0.152. The SMILES string of the molecule is Cc1cccc(Oc2cccc(NN)c2[N+](=O)[O-])c1C. The molecule has 0 aliphatic rings. The lowest BCUT2D eigenvalue weighted by molar-refractivity contribution is -0.384. The first kappa shape index (κ1) is 13.8. The number of nitrogens with zero attached hydrogens (tertiary/aromatic N) is 1. The van der Waals surface area contributed by atoms with E-state index in [1.165, 1.54) is 6.07 Å². The van der Waals surface area contributed by atoms with Crippen LogP contribution in [-0.4, -0.2) is 4.92 Å². The van der Waals surface area contributed by atoms with Crippen molar-refractivity contribution in [3.63, 3.8) is 0 Å². The summed E-state index contributed by atoms with van der Waals surface area (Å²) >= 11 is 0. The van der Waals surface area contributed by atoms with Crippen molar-refractivity contribution in [2.24, 2.45) is 5.84 Å². The summed E-state index contributed by atoms with van der Waals surface area (Å²) in [6.45, 7) is 3.86. The number of nitro groups is 1. The highest BCUT2D eigenvalue weighted by molar-refractivity contribution is 5.68. The molecule has 20 heavy (non-hydrogen) atoms. The zero-order chi connectivity index (χ0) is 14.7. The maximum atomic E-state index is 11.2. The van der Waals surface area contributed by atoms with E-state index in [-0.39, 0.29) is 17.1 Å². The molecule has 0 aliphatic carbocycles. The quantitative estimate of drug-likeness (QED) is 0.506. The van der Waals surface area contributed by atoms with Gasteiger partial charge in [-0.2, -0.15) is 0 Å². The number of para-hydroxylation sites is 1. The molecule has 0 radical (unpaired) electrons. The van der Waals surface area contributed by atoms with Crippen LogP contribution in [0.3, 0.4) is 0 Å². The highest BCUT2D eigenvalue weighted by atomic mass is 16.6. The molecule has 6 heteroatoms. The van der Waals surface area contributed by atoms with Gasteiger partial charge < -0.3 is 10.2 Å². The minimum Gasteiger partial charge on any atom is -0.450 e. The van der Waals surface area contributed by atoms with Crippen molar-refractivity contribution >= 4 is 11.4 Å². The number of nitrogens with one attached hydrogen (secondary N) is 1. The standard InChI is InChI=1S/C14H15N3O3/c1-9-5-3-7-12(10(9)2)20-13-8-4-6-11(16-15)14(13)17(18)19/h3-8,16H,15H2,1-2H3. The number of hydrazine groups is 1. The molecule has 0 spiro atoms. The van der Waals surface area contributed by atoms with E-state index in [0.717, 1.165) is 11.1 Å². The first-order valence-electron chi connectivity index (χ1n) is 6.02. The summed E-state index contributed by atoms with van der Waals surface area (Å²) in [5.74, 6) is 6.03. The van der Waals surface area contributed by atoms with E-state index in [0.29, 0.717) is 5.75 Å². The van der Waals surface area contributed by atoms with Crippen LogP contribution in [-0.2, 0) is 0 Å². The summed E-state index contributed by atoms with van der Waals surface area (Å²) in [4.78, 5) is 10.7. The Balaban J connectivity index is 2.48. The zero-order valence-electron chi connectivity index (χ0n) is 11.2. The Morgan fingerprint density at radius 3 is 2.45 bits per heavy atom. The van der Waals surface area contributed by atoms with E-state index in [4.69, 9.17) is 10.6 Å². The second kappa shape index (κ2) is 5.58. The lowest BCUT2D eigenvalue weighted by Crippen LogP contribution is -2.09. The van der Waals surface area contributed by atoms with Crippen LogP contribution in [0.25, 0.3) is 0 Å². The average Bonchev–Trinajstić information content (AvgIpc) is 2.43. The Kier molecular flexibility index (Phi) is 3.86. The lowest BCUT2D eigenvalue weighted by Gasteiger charge is -2.12. The molecule has 0 fully saturated rings. The maximum absolute atomic E-state index is 11.2. The summed E-state index contributed by atoms with van der Waals surface area (Å²) < 4.78 is 5.69. The molecule has 0 aromatic heterocycles. The summed E-state index contributed by atoms with van der Waals surface area (Å²) in [5.41, 5.74) is 4.32. The van der Waals surface area contributed by atoms with E-state index in [9.17, 15) is 10.1 Å². The Bertz CT molecular complexity index is 656. The third-order valence-electron chi connectivity index (χ3n) is 3.11. The first-order chi connectivity index (χ1) is 9.54. The summed E-state index contributed by atoms with van der Waals surface area (Å²) in [7, 11) is 0. The highest BCUT2D eigenvalue weighted by Gasteiger charge is 2.21. The largest absolute Gasteiger partial charge is 0.450 e. The van der Waals surface area contributed by atoms with E-state index >= 15 is 0 Å². The van der Waals surface area contributed by atoms with Crippen LogP contribution in [0.2, 0.25) is 0 Å². The van der Waals surface area contributed by atoms with Crippen LogP contribution in [0.5, 0.6) is 11.5 Å². The van der Waals surface area contributed by atoms with Gasteiger partial charge in [0.2, 0.25) is 5.75 Å². The van der Waals surface area contributed by atoms with E-state index in [1.807, 2.05) is 26.0 Å². The predicted octanol–water partition coefficient (Wildman–Crippen LogP) is 3.29. The number of aryl methyl sites for hydroxylation is 1. The highest BCUT2D eigenvalue weighted by Crippen LogP contribution is 2.38. The third kappa shape index (κ3) is 2.55. The number of nitrogens with two attached hydrogens (primary N) is 1. The van der Waals surface area contributed by atoms with Crippen molar-refractivity contribution in [2.75, 3.05) is 5.43 Å². The van der Waals surface area contributed by atoms with Crippen molar-refractivity contribution in [2.45, 2.75) is 13.8 Å². The zero-order valence-corrected chi connectivity index (χ0v) is 11.2. The van der Waals surface area contributed by atoms with Crippen molar-refractivity contribution in [3.05, 3.63) is 57.6 Å². The van der Waals surface area contributed by atoms with Crippen molar-refractivity contribution in [3.8, 4) is 11.5 Å². The van der Waals surface area contributed by atoms with Crippen LogP contribution in [0.1, 0.15) is 11.1 Å². The molecule has 2 aromatic carbocycles. The second-order valence-electron chi connectivity index (χ2n) is 4.35. The molecule has 0 atom stereocenters. The Hall–Kier alpha value is -2.60. The number of benzene rings is 2. The van der Waals surface area contributed by atoms with Crippen LogP contribution >= 0.6 is 0 Å². The Labute approximate surface area is 116 Å². The molecular weight excluding hydrogens is 258 g/mol. The van der Waals surface area contributed by atoms with Gasteiger partial charge in [0.15, 0.2) is 0 Å². The molecule has 0 aliphatic heterocycles. The lowest BCUT2D eigenvalue weighted by atomic mass is 10.1. The van der Waals surface area contributed by atoms with E-state index < -0.39 is 4.92 Å². The molecule has 6 nitrogen and oxygen atoms in total. The number of anilines is 1. The molecule has 0 heterocycles. The van der Waals surface area contributed by atoms with Crippen molar-refractivity contribution in [1.29, 1.82) is 0 Å². The minimum atomic E-state index is -0.518. The summed E-state index contributed by atoms with van der Waals surface area (Å²) in [6, 6.07) is 10.3. The molecule has 2 aromatic rings. The van der Waals surface area contributed by atoms with Crippen molar-refractivity contribution < 1.29 is 9.66 Å². The molecular formula is C14H15N3O3. The van der Waals surface area contributed by atoms with Crippen LogP contribution in [0.15, 0.2) is 36.4 Å². The normalized spacial score (nSPS) is 10.2. The van der Waals surface area contributed by atoms with Crippen LogP contribution in [0, 0.1) is 24.0 Å². The smallest absolute Gasteiger partial charge is 0.335 e. The summed E-state index contributed by atoms with van der Waals surface area (Å²) in [5, 5.41) is 11.2. The van der Waals surface area contributed by atoms with Gasteiger partial charge in [0.1, 0.15) is 11.4 Å². The second-order valence-corrected chi connectivity index (χ2v) is 4.35. The van der Waals surface area contributed by atoms with Gasteiger partial charge in [0, 0.05) is 0 Å². The van der Waals surface area contributed by atoms with E-state index in [2.05, 4.69) is 5.43 Å². The predicted molar refractivity (Wildman–Crippen MR) is 76.9 cm³/mol. The fourth-order valence-corrected chi connectivity index (χ4v) is 1.86. The average molecular weight is 273 g/mol.